The third-order valence-electron chi connectivity index (χ3n) is 4.13. The first-order valence-corrected chi connectivity index (χ1v) is 8.08. The van der Waals surface area contributed by atoms with Crippen molar-refractivity contribution in [2.45, 2.75) is 32.7 Å². The third-order valence-corrected chi connectivity index (χ3v) is 4.13. The number of aromatic nitrogens is 4. The van der Waals surface area contributed by atoms with Gasteiger partial charge in [0, 0.05) is 38.6 Å². The van der Waals surface area contributed by atoms with Crippen molar-refractivity contribution in [1.29, 1.82) is 0 Å². The molecular formula is C16H22N6O. The van der Waals surface area contributed by atoms with Crippen LogP contribution in [0.2, 0.25) is 0 Å². The summed E-state index contributed by atoms with van der Waals surface area (Å²) in [6.07, 6.45) is 7.31. The van der Waals surface area contributed by atoms with Crippen molar-refractivity contribution in [2.24, 2.45) is 0 Å². The zero-order valence-electron chi connectivity index (χ0n) is 13.4. The molecule has 1 amide bonds. The standard InChI is InChI=1S/C16H22N6O/c1-13-17-7-11-21(13)12-8-18-16(23)14-5-6-15(20-19-14)22-9-3-2-4-10-22/h5-7,11H,2-4,8-10,12H2,1H3,(H,18,23). The van der Waals surface area contributed by atoms with Crippen LogP contribution in [0.1, 0.15) is 35.6 Å². The van der Waals surface area contributed by atoms with Gasteiger partial charge in [0.05, 0.1) is 0 Å². The van der Waals surface area contributed by atoms with Crippen LogP contribution in [0.3, 0.4) is 0 Å². The molecule has 2 aromatic rings. The van der Waals surface area contributed by atoms with Gasteiger partial charge in [-0.3, -0.25) is 4.79 Å². The number of hydrogen-bond donors (Lipinski definition) is 1. The minimum absolute atomic E-state index is 0.194. The lowest BCUT2D eigenvalue weighted by Gasteiger charge is -2.27. The number of nitrogens with zero attached hydrogens (tertiary/aromatic N) is 5. The summed E-state index contributed by atoms with van der Waals surface area (Å²) in [4.78, 5) is 18.5. The largest absolute Gasteiger partial charge is 0.355 e. The molecule has 122 valence electrons. The highest BCUT2D eigenvalue weighted by atomic mass is 16.1. The van der Waals surface area contributed by atoms with Crippen LogP contribution in [0.5, 0.6) is 0 Å². The number of carbonyl (C=O) groups is 1. The fourth-order valence-corrected chi connectivity index (χ4v) is 2.76. The number of nitrogens with one attached hydrogen (secondary N) is 1. The Morgan fingerprint density at radius 1 is 1.22 bits per heavy atom. The van der Waals surface area contributed by atoms with Gasteiger partial charge in [-0.1, -0.05) is 0 Å². The Labute approximate surface area is 135 Å². The van der Waals surface area contributed by atoms with Crippen molar-refractivity contribution in [3.05, 3.63) is 36.0 Å². The average Bonchev–Trinajstić information content (AvgIpc) is 3.01. The molecule has 0 aliphatic carbocycles. The lowest BCUT2D eigenvalue weighted by atomic mass is 10.1. The van der Waals surface area contributed by atoms with Crippen LogP contribution in [0.15, 0.2) is 24.5 Å². The van der Waals surface area contributed by atoms with Gasteiger partial charge in [0.1, 0.15) is 5.82 Å². The van der Waals surface area contributed by atoms with E-state index in [1.807, 2.05) is 23.8 Å². The molecule has 7 heteroatoms. The maximum absolute atomic E-state index is 12.1. The number of amides is 1. The number of hydrogen-bond acceptors (Lipinski definition) is 5. The van der Waals surface area contributed by atoms with E-state index in [0.29, 0.717) is 18.8 Å². The van der Waals surface area contributed by atoms with Crippen LogP contribution in [0.25, 0.3) is 0 Å². The van der Waals surface area contributed by atoms with E-state index in [2.05, 4.69) is 25.4 Å². The Morgan fingerprint density at radius 2 is 2.04 bits per heavy atom. The van der Waals surface area contributed by atoms with Crippen LogP contribution in [0.4, 0.5) is 5.82 Å². The summed E-state index contributed by atoms with van der Waals surface area (Å²) in [5.41, 5.74) is 0.355. The third kappa shape index (κ3) is 3.85. The van der Waals surface area contributed by atoms with E-state index in [1.165, 1.54) is 19.3 Å². The van der Waals surface area contributed by atoms with E-state index in [9.17, 15) is 4.79 Å². The van der Waals surface area contributed by atoms with Gasteiger partial charge in [0.25, 0.3) is 5.91 Å². The van der Waals surface area contributed by atoms with E-state index >= 15 is 0 Å². The van der Waals surface area contributed by atoms with Gasteiger partial charge in [0.2, 0.25) is 0 Å². The molecule has 1 aliphatic heterocycles. The van der Waals surface area contributed by atoms with Gasteiger partial charge in [-0.15, -0.1) is 10.2 Å². The number of anilines is 1. The second-order valence-corrected chi connectivity index (χ2v) is 5.75. The maximum atomic E-state index is 12.1. The summed E-state index contributed by atoms with van der Waals surface area (Å²) in [5, 5.41) is 11.1. The Bertz CT molecular complexity index is 645. The SMILES string of the molecule is Cc1nccn1CCNC(=O)c1ccc(N2CCCCC2)nn1. The Kier molecular flexibility index (Phi) is 4.85. The smallest absolute Gasteiger partial charge is 0.271 e. The van der Waals surface area contributed by atoms with Crippen LogP contribution in [-0.2, 0) is 6.54 Å². The van der Waals surface area contributed by atoms with Gasteiger partial charge in [-0.25, -0.2) is 4.98 Å². The van der Waals surface area contributed by atoms with E-state index in [4.69, 9.17) is 0 Å². The first-order valence-electron chi connectivity index (χ1n) is 8.08. The zero-order chi connectivity index (χ0) is 16.1. The molecule has 1 N–H and O–H groups in total. The molecule has 1 fully saturated rings. The fraction of sp³-hybridized carbons (Fsp3) is 0.500. The Morgan fingerprint density at radius 3 is 2.70 bits per heavy atom. The molecule has 3 rings (SSSR count). The summed E-state index contributed by atoms with van der Waals surface area (Å²) in [7, 11) is 0. The zero-order valence-corrected chi connectivity index (χ0v) is 13.4. The number of piperidine rings is 1. The second kappa shape index (κ2) is 7.21. The van der Waals surface area contributed by atoms with Gasteiger partial charge >= 0.3 is 0 Å². The molecule has 3 heterocycles. The molecule has 2 aromatic heterocycles. The van der Waals surface area contributed by atoms with Gasteiger partial charge in [-0.2, -0.15) is 0 Å². The highest BCUT2D eigenvalue weighted by molar-refractivity contribution is 5.92. The van der Waals surface area contributed by atoms with Crippen LogP contribution >= 0.6 is 0 Å². The summed E-state index contributed by atoms with van der Waals surface area (Å²) in [6, 6.07) is 3.63. The molecule has 0 atom stereocenters. The fourth-order valence-electron chi connectivity index (χ4n) is 2.76. The van der Waals surface area contributed by atoms with Crippen molar-refractivity contribution < 1.29 is 4.79 Å². The molecule has 0 saturated carbocycles. The van der Waals surface area contributed by atoms with Crippen molar-refractivity contribution in [1.82, 2.24) is 25.1 Å². The van der Waals surface area contributed by atoms with Crippen molar-refractivity contribution in [3.63, 3.8) is 0 Å². The van der Waals surface area contributed by atoms with Crippen LogP contribution in [0, 0.1) is 6.92 Å². The van der Waals surface area contributed by atoms with Gasteiger partial charge in [-0.05, 0) is 38.3 Å². The first kappa shape index (κ1) is 15.5. The molecule has 1 saturated heterocycles. The van der Waals surface area contributed by atoms with Gasteiger partial charge in [0.15, 0.2) is 11.5 Å². The first-order chi connectivity index (χ1) is 11.2. The minimum atomic E-state index is -0.194. The molecule has 0 bridgehead atoms. The van der Waals surface area contributed by atoms with E-state index in [1.54, 1.807) is 12.3 Å². The molecule has 7 nitrogen and oxygen atoms in total. The van der Waals surface area contributed by atoms with Gasteiger partial charge < -0.3 is 14.8 Å². The Balaban J connectivity index is 1.52. The number of carbonyl (C=O) groups excluding carboxylic acids is 1. The molecule has 0 spiro atoms. The Hall–Kier alpha value is -2.44. The highest BCUT2D eigenvalue weighted by Crippen LogP contribution is 2.16. The van der Waals surface area contributed by atoms with E-state index < -0.39 is 0 Å². The minimum Gasteiger partial charge on any atom is -0.355 e. The summed E-state index contributed by atoms with van der Waals surface area (Å²) >= 11 is 0. The highest BCUT2D eigenvalue weighted by Gasteiger charge is 2.14. The van der Waals surface area contributed by atoms with E-state index in [0.717, 1.165) is 24.7 Å². The molecule has 23 heavy (non-hydrogen) atoms. The molecule has 0 aromatic carbocycles. The molecule has 0 radical (unpaired) electrons. The number of aryl methyl sites for hydroxylation is 1. The maximum Gasteiger partial charge on any atom is 0.271 e. The summed E-state index contributed by atoms with van der Waals surface area (Å²) < 4.78 is 1.99. The molecule has 0 unspecified atom stereocenters. The molecular weight excluding hydrogens is 292 g/mol. The van der Waals surface area contributed by atoms with E-state index in [-0.39, 0.29) is 5.91 Å². The lowest BCUT2D eigenvalue weighted by molar-refractivity contribution is 0.0946. The lowest BCUT2D eigenvalue weighted by Crippen LogP contribution is -2.31. The topological polar surface area (TPSA) is 75.9 Å². The predicted octanol–water partition coefficient (Wildman–Crippen LogP) is 1.40. The van der Waals surface area contributed by atoms with Crippen LogP contribution in [-0.4, -0.2) is 45.3 Å². The second-order valence-electron chi connectivity index (χ2n) is 5.75. The molecule has 1 aliphatic rings. The average molecular weight is 314 g/mol. The van der Waals surface area contributed by atoms with Crippen LogP contribution < -0.4 is 10.2 Å². The monoisotopic (exact) mass is 314 g/mol. The normalized spacial score (nSPS) is 14.7. The number of imidazole rings is 1. The van der Waals surface area contributed by atoms with Crippen molar-refractivity contribution in [3.8, 4) is 0 Å². The van der Waals surface area contributed by atoms with Crippen molar-refractivity contribution in [2.75, 3.05) is 24.5 Å². The predicted molar refractivity (Wildman–Crippen MR) is 87.4 cm³/mol. The summed E-state index contributed by atoms with van der Waals surface area (Å²) in [6.45, 7) is 5.20. The summed E-state index contributed by atoms with van der Waals surface area (Å²) in [5.74, 6) is 1.60. The van der Waals surface area contributed by atoms with Crippen molar-refractivity contribution >= 4 is 11.7 Å². The number of rotatable bonds is 5. The quantitative estimate of drug-likeness (QED) is 0.903.